The van der Waals surface area contributed by atoms with E-state index in [0.29, 0.717) is 6.04 Å². The Labute approximate surface area is 199 Å². The lowest BCUT2D eigenvalue weighted by Crippen LogP contribution is -2.40. The molecule has 0 spiro atoms. The van der Waals surface area contributed by atoms with Crippen LogP contribution in [0, 0.1) is 0 Å². The van der Waals surface area contributed by atoms with Crippen molar-refractivity contribution in [3.8, 4) is 11.5 Å². The van der Waals surface area contributed by atoms with Crippen molar-refractivity contribution in [1.82, 2.24) is 10.2 Å². The van der Waals surface area contributed by atoms with Crippen LogP contribution < -0.4 is 5.32 Å². The molecule has 0 heterocycles. The summed E-state index contributed by atoms with van der Waals surface area (Å²) in [5.74, 6) is 0.0880. The van der Waals surface area contributed by atoms with E-state index in [1.807, 2.05) is 18.2 Å². The standard InChI is InChI=1S/C28H42N2O3/c1-2-18-30(25-12-13-26-24(20-25)11-14-27(32)28(26)33)19-6-4-3-5-16-29-17-15-22-7-9-23(21-31)10-8-22/h7-11,14,25,29,31-33H,2-6,12-13,15-21H2,1H3/t25-/m0/s1. The molecule has 0 radical (unpaired) electrons. The predicted molar refractivity (Wildman–Crippen MR) is 135 cm³/mol. The minimum Gasteiger partial charge on any atom is -0.504 e. The highest BCUT2D eigenvalue weighted by atomic mass is 16.3. The number of hydrogen-bond acceptors (Lipinski definition) is 5. The third-order valence-electron chi connectivity index (χ3n) is 6.91. The molecular formula is C28H42N2O3. The van der Waals surface area contributed by atoms with Gasteiger partial charge in [0.1, 0.15) is 0 Å². The zero-order valence-corrected chi connectivity index (χ0v) is 20.2. The number of hydrogen-bond donors (Lipinski definition) is 4. The second kappa shape index (κ2) is 13.6. The first-order valence-electron chi connectivity index (χ1n) is 12.8. The van der Waals surface area contributed by atoms with Gasteiger partial charge in [-0.3, -0.25) is 0 Å². The number of aliphatic hydroxyl groups is 1. The molecule has 1 aliphatic rings. The normalized spacial score (nSPS) is 15.7. The summed E-state index contributed by atoms with van der Waals surface area (Å²) in [4.78, 5) is 2.65. The van der Waals surface area contributed by atoms with Gasteiger partial charge in [-0.05, 0) is 93.9 Å². The van der Waals surface area contributed by atoms with Crippen molar-refractivity contribution in [3.63, 3.8) is 0 Å². The quantitative estimate of drug-likeness (QED) is 0.249. The molecule has 2 aromatic carbocycles. The minimum absolute atomic E-state index is 0.00353. The topological polar surface area (TPSA) is 76.0 Å². The van der Waals surface area contributed by atoms with Crippen molar-refractivity contribution >= 4 is 0 Å². The minimum atomic E-state index is 0.00353. The maximum Gasteiger partial charge on any atom is 0.160 e. The van der Waals surface area contributed by atoms with Gasteiger partial charge in [0, 0.05) is 11.6 Å². The van der Waals surface area contributed by atoms with E-state index >= 15 is 0 Å². The number of aromatic hydroxyl groups is 2. The molecule has 2 aromatic rings. The van der Waals surface area contributed by atoms with Crippen LogP contribution in [0.2, 0.25) is 0 Å². The average molecular weight is 455 g/mol. The second-order valence-corrected chi connectivity index (χ2v) is 9.39. The van der Waals surface area contributed by atoms with E-state index in [1.54, 1.807) is 6.07 Å². The summed E-state index contributed by atoms with van der Waals surface area (Å²) in [6.45, 7) is 6.71. The number of rotatable bonds is 14. The lowest BCUT2D eigenvalue weighted by molar-refractivity contribution is 0.175. The Balaban J connectivity index is 1.29. The molecule has 0 saturated heterocycles. The van der Waals surface area contributed by atoms with E-state index in [4.69, 9.17) is 5.11 Å². The highest BCUT2D eigenvalue weighted by Crippen LogP contribution is 2.36. The Morgan fingerprint density at radius 3 is 2.42 bits per heavy atom. The molecule has 0 aliphatic heterocycles. The summed E-state index contributed by atoms with van der Waals surface area (Å²) in [5.41, 5.74) is 4.42. The molecule has 1 atom stereocenters. The van der Waals surface area contributed by atoms with Crippen molar-refractivity contribution in [1.29, 1.82) is 0 Å². The lowest BCUT2D eigenvalue weighted by Gasteiger charge is -2.35. The van der Waals surface area contributed by atoms with Crippen LogP contribution in [0.4, 0.5) is 0 Å². The second-order valence-electron chi connectivity index (χ2n) is 9.39. The number of fused-ring (bicyclic) bond motifs is 1. The van der Waals surface area contributed by atoms with Gasteiger partial charge < -0.3 is 25.5 Å². The molecule has 4 N–H and O–H groups in total. The summed E-state index contributed by atoms with van der Waals surface area (Å²) in [5, 5.41) is 32.6. The molecule has 0 unspecified atom stereocenters. The molecule has 182 valence electrons. The average Bonchev–Trinajstić information content (AvgIpc) is 2.84. The smallest absolute Gasteiger partial charge is 0.160 e. The zero-order chi connectivity index (χ0) is 23.5. The van der Waals surface area contributed by atoms with Crippen molar-refractivity contribution in [2.24, 2.45) is 0 Å². The van der Waals surface area contributed by atoms with Gasteiger partial charge in [0.15, 0.2) is 11.5 Å². The number of aliphatic hydroxyl groups excluding tert-OH is 1. The van der Waals surface area contributed by atoms with Gasteiger partial charge in [0.2, 0.25) is 0 Å². The Morgan fingerprint density at radius 1 is 0.909 bits per heavy atom. The summed E-state index contributed by atoms with van der Waals surface area (Å²) in [6, 6.07) is 12.4. The maximum absolute atomic E-state index is 10.1. The molecule has 33 heavy (non-hydrogen) atoms. The largest absolute Gasteiger partial charge is 0.504 e. The van der Waals surface area contributed by atoms with E-state index in [-0.39, 0.29) is 18.1 Å². The van der Waals surface area contributed by atoms with Gasteiger partial charge in [-0.2, -0.15) is 0 Å². The third kappa shape index (κ3) is 7.73. The van der Waals surface area contributed by atoms with Crippen molar-refractivity contribution < 1.29 is 15.3 Å². The Bertz CT molecular complexity index is 838. The summed E-state index contributed by atoms with van der Waals surface area (Å²) in [7, 11) is 0. The lowest BCUT2D eigenvalue weighted by atomic mass is 9.86. The summed E-state index contributed by atoms with van der Waals surface area (Å²) >= 11 is 0. The van der Waals surface area contributed by atoms with Crippen molar-refractivity contribution in [3.05, 3.63) is 58.7 Å². The molecule has 0 amide bonds. The highest BCUT2D eigenvalue weighted by molar-refractivity contribution is 5.50. The van der Waals surface area contributed by atoms with Gasteiger partial charge in [-0.25, -0.2) is 0 Å². The van der Waals surface area contributed by atoms with E-state index in [0.717, 1.165) is 69.4 Å². The third-order valence-corrected chi connectivity index (χ3v) is 6.91. The van der Waals surface area contributed by atoms with Crippen molar-refractivity contribution in [2.45, 2.75) is 77.4 Å². The number of nitrogens with zero attached hydrogens (tertiary/aromatic N) is 1. The maximum atomic E-state index is 10.1. The van der Waals surface area contributed by atoms with Crippen LogP contribution in [-0.4, -0.2) is 52.4 Å². The fourth-order valence-electron chi connectivity index (χ4n) is 4.97. The van der Waals surface area contributed by atoms with E-state index in [9.17, 15) is 10.2 Å². The molecule has 0 bridgehead atoms. The van der Waals surface area contributed by atoms with E-state index < -0.39 is 0 Å². The Morgan fingerprint density at radius 2 is 1.67 bits per heavy atom. The van der Waals surface area contributed by atoms with Crippen LogP contribution in [-0.2, 0) is 25.9 Å². The van der Waals surface area contributed by atoms with Gasteiger partial charge in [0.05, 0.1) is 6.61 Å². The number of unbranched alkanes of at least 4 members (excludes halogenated alkanes) is 3. The fourth-order valence-corrected chi connectivity index (χ4v) is 4.97. The van der Waals surface area contributed by atoms with Gasteiger partial charge >= 0.3 is 0 Å². The Hall–Kier alpha value is -2.08. The summed E-state index contributed by atoms with van der Waals surface area (Å²) in [6.07, 6.45) is 10.0. The zero-order valence-electron chi connectivity index (χ0n) is 20.2. The number of nitrogens with one attached hydrogen (secondary N) is 1. The first kappa shape index (κ1) is 25.5. The monoisotopic (exact) mass is 454 g/mol. The highest BCUT2D eigenvalue weighted by Gasteiger charge is 2.26. The molecule has 1 aliphatic carbocycles. The molecule has 5 heteroatoms. The first-order valence-corrected chi connectivity index (χ1v) is 12.8. The van der Waals surface area contributed by atoms with E-state index in [1.165, 1.54) is 36.8 Å². The molecule has 0 aromatic heterocycles. The fraction of sp³-hybridized carbons (Fsp3) is 0.571. The SMILES string of the molecule is CCCN(CCCCCCNCCc1ccc(CO)cc1)[C@H]1CCc2c(ccc(O)c2O)C1. The van der Waals surface area contributed by atoms with Crippen LogP contribution in [0.1, 0.15) is 67.7 Å². The van der Waals surface area contributed by atoms with Crippen LogP contribution in [0.5, 0.6) is 11.5 Å². The van der Waals surface area contributed by atoms with Gasteiger partial charge in [-0.1, -0.05) is 50.1 Å². The van der Waals surface area contributed by atoms with Gasteiger partial charge in [0.25, 0.3) is 0 Å². The number of phenols is 2. The van der Waals surface area contributed by atoms with Crippen LogP contribution in [0.25, 0.3) is 0 Å². The van der Waals surface area contributed by atoms with Crippen LogP contribution in [0.15, 0.2) is 36.4 Å². The first-order chi connectivity index (χ1) is 16.1. The van der Waals surface area contributed by atoms with Crippen molar-refractivity contribution in [2.75, 3.05) is 26.2 Å². The number of benzene rings is 2. The molecule has 3 rings (SSSR count). The van der Waals surface area contributed by atoms with Crippen LogP contribution in [0.3, 0.4) is 0 Å². The number of phenolic OH excluding ortho intramolecular Hbond substituents is 2. The van der Waals surface area contributed by atoms with Gasteiger partial charge in [-0.15, -0.1) is 0 Å². The molecule has 0 saturated carbocycles. The van der Waals surface area contributed by atoms with Crippen LogP contribution >= 0.6 is 0 Å². The van der Waals surface area contributed by atoms with E-state index in [2.05, 4.69) is 29.3 Å². The predicted octanol–water partition coefficient (Wildman–Crippen LogP) is 4.55. The molecule has 5 nitrogen and oxygen atoms in total. The summed E-state index contributed by atoms with van der Waals surface area (Å²) < 4.78 is 0. The Kier molecular flexibility index (Phi) is 10.5. The molecule has 0 fully saturated rings. The molecular weight excluding hydrogens is 412 g/mol.